The smallest absolute Gasteiger partial charge is 0.306 e. The fourth-order valence-electron chi connectivity index (χ4n) is 9.78. The molecule has 0 fully saturated rings. The van der Waals surface area contributed by atoms with Gasteiger partial charge >= 0.3 is 17.9 Å². The standard InChI is InChI=1S/C73H128O6/c1-4-7-10-13-16-19-22-25-27-29-31-33-35-36-38-39-41-43-45-48-51-54-57-60-63-66-72(75)78-69-70(68-77-71(74)65-62-59-56-53-50-47-24-21-18-15-12-9-6-3)79-73(76)67-64-61-58-55-52-49-46-44-42-40-37-34-32-30-28-26-23-20-17-14-11-8-5-2/h9,12,18,21,23,26,29-32,47,50,56,59,70H,4-8,10-11,13-17,19-20,22,24-25,27-28,33-46,48-49,51-55,57-58,60-69H2,1-3H3/b12-9-,21-18-,26-23-,31-29-,32-30-,50-47-,59-56-. The van der Waals surface area contributed by atoms with Crippen LogP contribution in [0.2, 0.25) is 0 Å². The van der Waals surface area contributed by atoms with Crippen LogP contribution in [-0.2, 0) is 28.6 Å². The molecule has 0 aliphatic rings. The Morgan fingerprint density at radius 2 is 0.519 bits per heavy atom. The summed E-state index contributed by atoms with van der Waals surface area (Å²) >= 11 is 0. The molecule has 0 spiro atoms. The molecular formula is C73H128O6. The molecule has 1 atom stereocenters. The van der Waals surface area contributed by atoms with E-state index in [1.807, 2.05) is 6.08 Å². The van der Waals surface area contributed by atoms with Gasteiger partial charge in [-0.2, -0.15) is 0 Å². The molecule has 0 N–H and O–H groups in total. The van der Waals surface area contributed by atoms with Crippen molar-refractivity contribution in [3.63, 3.8) is 0 Å². The molecule has 0 rings (SSSR count). The Morgan fingerprint density at radius 3 is 0.861 bits per heavy atom. The average molecular weight is 1100 g/mol. The number of esters is 3. The van der Waals surface area contributed by atoms with E-state index in [9.17, 15) is 14.4 Å². The molecule has 0 saturated carbocycles. The summed E-state index contributed by atoms with van der Waals surface area (Å²) in [4.78, 5) is 38.3. The van der Waals surface area contributed by atoms with Gasteiger partial charge in [-0.3, -0.25) is 14.4 Å². The van der Waals surface area contributed by atoms with Crippen LogP contribution in [0.1, 0.15) is 342 Å². The quantitative estimate of drug-likeness (QED) is 0.0261. The van der Waals surface area contributed by atoms with Crippen molar-refractivity contribution in [3.05, 3.63) is 85.1 Å². The van der Waals surface area contributed by atoms with E-state index >= 15 is 0 Å². The van der Waals surface area contributed by atoms with E-state index in [4.69, 9.17) is 14.2 Å². The molecule has 0 bridgehead atoms. The van der Waals surface area contributed by atoms with Crippen LogP contribution in [0.3, 0.4) is 0 Å². The van der Waals surface area contributed by atoms with Crippen molar-refractivity contribution >= 4 is 17.9 Å². The largest absolute Gasteiger partial charge is 0.462 e. The number of carbonyl (C=O) groups is 3. The number of unbranched alkanes of at least 4 members (excludes halogenated alkanes) is 37. The van der Waals surface area contributed by atoms with Crippen molar-refractivity contribution in [2.24, 2.45) is 0 Å². The van der Waals surface area contributed by atoms with Crippen molar-refractivity contribution in [2.75, 3.05) is 13.2 Å². The summed E-state index contributed by atoms with van der Waals surface area (Å²) in [5.41, 5.74) is 0. The zero-order valence-corrected chi connectivity index (χ0v) is 52.4. The maximum Gasteiger partial charge on any atom is 0.306 e. The minimum absolute atomic E-state index is 0.0975. The van der Waals surface area contributed by atoms with Gasteiger partial charge in [-0.05, 0) is 103 Å². The van der Waals surface area contributed by atoms with Crippen molar-refractivity contribution in [2.45, 2.75) is 348 Å². The van der Waals surface area contributed by atoms with Gasteiger partial charge in [0.1, 0.15) is 13.2 Å². The van der Waals surface area contributed by atoms with E-state index in [-0.39, 0.29) is 37.5 Å². The second kappa shape index (κ2) is 67.1. The third-order valence-electron chi connectivity index (χ3n) is 14.9. The van der Waals surface area contributed by atoms with Crippen LogP contribution in [0.5, 0.6) is 0 Å². The minimum Gasteiger partial charge on any atom is -0.462 e. The fraction of sp³-hybridized carbons (Fsp3) is 0.767. The summed E-state index contributed by atoms with van der Waals surface area (Å²) in [6.45, 7) is 6.49. The first kappa shape index (κ1) is 75.6. The van der Waals surface area contributed by atoms with Crippen LogP contribution in [0.4, 0.5) is 0 Å². The van der Waals surface area contributed by atoms with Crippen LogP contribution < -0.4 is 0 Å². The maximum atomic E-state index is 12.9. The van der Waals surface area contributed by atoms with Gasteiger partial charge in [0.2, 0.25) is 0 Å². The molecule has 0 aromatic rings. The molecule has 456 valence electrons. The molecule has 1 unspecified atom stereocenters. The lowest BCUT2D eigenvalue weighted by molar-refractivity contribution is -0.166. The normalized spacial score (nSPS) is 12.6. The highest BCUT2D eigenvalue weighted by atomic mass is 16.6. The van der Waals surface area contributed by atoms with E-state index < -0.39 is 6.10 Å². The van der Waals surface area contributed by atoms with Gasteiger partial charge in [0, 0.05) is 19.3 Å². The minimum atomic E-state index is -0.808. The summed E-state index contributed by atoms with van der Waals surface area (Å²) < 4.78 is 16.9. The molecule has 0 aliphatic carbocycles. The predicted molar refractivity (Wildman–Crippen MR) is 344 cm³/mol. The molecule has 0 heterocycles. The molecule has 0 radical (unpaired) electrons. The lowest BCUT2D eigenvalue weighted by Crippen LogP contribution is -2.30. The van der Waals surface area contributed by atoms with Crippen LogP contribution in [0.25, 0.3) is 0 Å². The third kappa shape index (κ3) is 65.3. The monoisotopic (exact) mass is 1100 g/mol. The van der Waals surface area contributed by atoms with E-state index in [0.29, 0.717) is 19.3 Å². The first-order chi connectivity index (χ1) is 39.0. The molecule has 79 heavy (non-hydrogen) atoms. The van der Waals surface area contributed by atoms with E-state index in [1.54, 1.807) is 0 Å². The summed E-state index contributed by atoms with van der Waals surface area (Å²) in [5, 5.41) is 0. The number of carbonyl (C=O) groups excluding carboxylic acids is 3. The van der Waals surface area contributed by atoms with Crippen LogP contribution in [-0.4, -0.2) is 37.2 Å². The molecule has 0 saturated heterocycles. The van der Waals surface area contributed by atoms with Gasteiger partial charge in [0.05, 0.1) is 0 Å². The molecule has 0 aromatic carbocycles. The second-order valence-electron chi connectivity index (χ2n) is 22.7. The Morgan fingerprint density at radius 1 is 0.266 bits per heavy atom. The Kier molecular flexibility index (Phi) is 64.2. The zero-order valence-electron chi connectivity index (χ0n) is 52.4. The number of rotatable bonds is 62. The summed E-state index contributed by atoms with van der Waals surface area (Å²) in [7, 11) is 0. The molecule has 0 aromatic heterocycles. The van der Waals surface area contributed by atoms with E-state index in [1.165, 1.54) is 225 Å². The van der Waals surface area contributed by atoms with Crippen molar-refractivity contribution in [1.82, 2.24) is 0 Å². The van der Waals surface area contributed by atoms with Gasteiger partial charge in [-0.25, -0.2) is 0 Å². The van der Waals surface area contributed by atoms with E-state index in [0.717, 1.165) is 70.6 Å². The Balaban J connectivity index is 4.31. The van der Waals surface area contributed by atoms with Gasteiger partial charge in [0.25, 0.3) is 0 Å². The van der Waals surface area contributed by atoms with Gasteiger partial charge in [0.15, 0.2) is 6.10 Å². The highest BCUT2D eigenvalue weighted by Gasteiger charge is 2.19. The van der Waals surface area contributed by atoms with Crippen LogP contribution >= 0.6 is 0 Å². The topological polar surface area (TPSA) is 78.9 Å². The molecular weight excluding hydrogens is 973 g/mol. The third-order valence-corrected chi connectivity index (χ3v) is 14.9. The highest BCUT2D eigenvalue weighted by Crippen LogP contribution is 2.17. The maximum absolute atomic E-state index is 12.9. The summed E-state index contributed by atoms with van der Waals surface area (Å²) in [5.74, 6) is -0.970. The van der Waals surface area contributed by atoms with Gasteiger partial charge < -0.3 is 14.2 Å². The lowest BCUT2D eigenvalue weighted by atomic mass is 10.0. The number of ether oxygens (including phenoxy) is 3. The molecule has 6 nitrogen and oxygen atoms in total. The Hall–Kier alpha value is -3.41. The second-order valence-corrected chi connectivity index (χ2v) is 22.7. The highest BCUT2D eigenvalue weighted by molar-refractivity contribution is 5.71. The first-order valence-corrected chi connectivity index (χ1v) is 34.1. The number of hydrogen-bond acceptors (Lipinski definition) is 6. The summed E-state index contributed by atoms with van der Waals surface area (Å²) in [6, 6.07) is 0. The van der Waals surface area contributed by atoms with Crippen molar-refractivity contribution < 1.29 is 28.6 Å². The zero-order chi connectivity index (χ0) is 57.1. The molecule has 0 aliphatic heterocycles. The first-order valence-electron chi connectivity index (χ1n) is 34.1. The SMILES string of the molecule is CC/C=C\C/C=C\C/C=C\C/C=C\CCC(=O)OCC(COC(=O)CCCCCCCCCCCCCCC/C=C\CCCCCCCCCC)OC(=O)CCCCCCCCCCCCC/C=C\C/C=C\CCCCCCC. The molecule has 6 heteroatoms. The van der Waals surface area contributed by atoms with Crippen molar-refractivity contribution in [1.29, 1.82) is 0 Å². The summed E-state index contributed by atoms with van der Waals surface area (Å²) in [6.07, 6.45) is 89.1. The average Bonchev–Trinajstić information content (AvgIpc) is 3.45. The predicted octanol–water partition coefficient (Wildman–Crippen LogP) is 23.4. The number of allylic oxidation sites excluding steroid dienone is 14. The van der Waals surface area contributed by atoms with Crippen LogP contribution in [0.15, 0.2) is 85.1 Å². The molecule has 0 amide bonds. The number of hydrogen-bond donors (Lipinski definition) is 0. The van der Waals surface area contributed by atoms with E-state index in [2.05, 4.69) is 99.8 Å². The van der Waals surface area contributed by atoms with Crippen LogP contribution in [0, 0.1) is 0 Å². The fourth-order valence-corrected chi connectivity index (χ4v) is 9.78. The van der Waals surface area contributed by atoms with Crippen molar-refractivity contribution in [3.8, 4) is 0 Å². The Labute approximate surface area is 490 Å². The lowest BCUT2D eigenvalue weighted by Gasteiger charge is -2.18. The van der Waals surface area contributed by atoms with Gasteiger partial charge in [-0.15, -0.1) is 0 Å². The van der Waals surface area contributed by atoms with Gasteiger partial charge in [-0.1, -0.05) is 305 Å². The Bertz CT molecular complexity index is 1500.